The summed E-state index contributed by atoms with van der Waals surface area (Å²) in [4.78, 5) is 19.7. The minimum absolute atomic E-state index is 0.118. The van der Waals surface area contributed by atoms with E-state index in [2.05, 4.69) is 10.3 Å². The van der Waals surface area contributed by atoms with Crippen molar-refractivity contribution in [1.29, 1.82) is 0 Å². The van der Waals surface area contributed by atoms with Crippen molar-refractivity contribution in [2.24, 2.45) is 0 Å². The lowest BCUT2D eigenvalue weighted by Crippen LogP contribution is -2.24. The maximum absolute atomic E-state index is 13.2. The Morgan fingerprint density at radius 3 is 2.68 bits per heavy atom. The van der Waals surface area contributed by atoms with Crippen LogP contribution >= 0.6 is 11.3 Å². The van der Waals surface area contributed by atoms with E-state index in [9.17, 15) is 18.0 Å². The third-order valence-electron chi connectivity index (χ3n) is 5.14. The van der Waals surface area contributed by atoms with E-state index in [4.69, 9.17) is 8.83 Å². The van der Waals surface area contributed by atoms with Crippen LogP contribution in [0.4, 0.5) is 13.2 Å². The first-order valence-electron chi connectivity index (χ1n) is 10.4. The van der Waals surface area contributed by atoms with E-state index >= 15 is 0 Å². The van der Waals surface area contributed by atoms with Gasteiger partial charge in [0.15, 0.2) is 5.69 Å². The van der Waals surface area contributed by atoms with Crippen LogP contribution in [0.1, 0.15) is 43.7 Å². The zero-order chi connectivity index (χ0) is 24.1. The molecule has 1 N–H and O–H groups in total. The SMILES string of the molecule is Cc1ccsc1CN(Cc1cccc(C(F)(F)F)c1)Cc1nc(C(=O)NCc2ccco2)co1. The van der Waals surface area contributed by atoms with Crippen LogP contribution in [-0.4, -0.2) is 15.8 Å². The van der Waals surface area contributed by atoms with Gasteiger partial charge in [-0.15, -0.1) is 11.3 Å². The molecule has 34 heavy (non-hydrogen) atoms. The number of alkyl halides is 3. The predicted octanol–water partition coefficient (Wildman–Crippen LogP) is 5.79. The van der Waals surface area contributed by atoms with Crippen LogP contribution in [-0.2, 0) is 32.4 Å². The summed E-state index contributed by atoms with van der Waals surface area (Å²) in [5.41, 5.74) is 1.05. The topological polar surface area (TPSA) is 71.5 Å². The molecule has 0 radical (unpaired) electrons. The molecule has 3 aromatic heterocycles. The lowest BCUT2D eigenvalue weighted by atomic mass is 10.1. The Morgan fingerprint density at radius 2 is 1.97 bits per heavy atom. The minimum Gasteiger partial charge on any atom is -0.467 e. The number of hydrogen-bond donors (Lipinski definition) is 1. The summed E-state index contributed by atoms with van der Waals surface area (Å²) in [6, 6.07) is 10.7. The van der Waals surface area contributed by atoms with Crippen LogP contribution in [0.3, 0.4) is 0 Å². The second-order valence-corrected chi connectivity index (χ2v) is 8.76. The summed E-state index contributed by atoms with van der Waals surface area (Å²) < 4.78 is 50.2. The van der Waals surface area contributed by atoms with Crippen molar-refractivity contribution >= 4 is 17.2 Å². The highest BCUT2D eigenvalue weighted by Gasteiger charge is 2.30. The zero-order valence-corrected chi connectivity index (χ0v) is 19.1. The molecule has 0 fully saturated rings. The van der Waals surface area contributed by atoms with Gasteiger partial charge in [0, 0.05) is 18.0 Å². The van der Waals surface area contributed by atoms with E-state index in [1.165, 1.54) is 18.6 Å². The number of carbonyl (C=O) groups excluding carboxylic acids is 1. The molecule has 178 valence electrons. The molecule has 0 atom stereocenters. The van der Waals surface area contributed by atoms with Gasteiger partial charge >= 0.3 is 6.18 Å². The van der Waals surface area contributed by atoms with E-state index in [1.807, 2.05) is 23.3 Å². The van der Waals surface area contributed by atoms with Gasteiger partial charge in [0.05, 0.1) is 24.9 Å². The van der Waals surface area contributed by atoms with Crippen molar-refractivity contribution in [1.82, 2.24) is 15.2 Å². The average molecular weight is 490 g/mol. The Morgan fingerprint density at radius 1 is 1.12 bits per heavy atom. The quantitative estimate of drug-likeness (QED) is 0.322. The van der Waals surface area contributed by atoms with Gasteiger partial charge in [-0.05, 0) is 47.7 Å². The molecule has 0 aliphatic heterocycles. The van der Waals surface area contributed by atoms with Gasteiger partial charge in [-0.25, -0.2) is 4.98 Å². The predicted molar refractivity (Wildman–Crippen MR) is 120 cm³/mol. The molecule has 1 aromatic carbocycles. The largest absolute Gasteiger partial charge is 0.467 e. The molecule has 0 unspecified atom stereocenters. The van der Waals surface area contributed by atoms with Gasteiger partial charge in [-0.3, -0.25) is 9.69 Å². The fraction of sp³-hybridized carbons (Fsp3) is 0.250. The average Bonchev–Trinajstić information content (AvgIpc) is 3.55. The number of aryl methyl sites for hydroxylation is 1. The summed E-state index contributed by atoms with van der Waals surface area (Å²) in [7, 11) is 0. The van der Waals surface area contributed by atoms with Gasteiger partial charge in [0.2, 0.25) is 5.89 Å². The van der Waals surface area contributed by atoms with Crippen LogP contribution in [0.5, 0.6) is 0 Å². The summed E-state index contributed by atoms with van der Waals surface area (Å²) in [5, 5.41) is 4.67. The van der Waals surface area contributed by atoms with Gasteiger partial charge < -0.3 is 14.2 Å². The van der Waals surface area contributed by atoms with Crippen LogP contribution < -0.4 is 5.32 Å². The molecular formula is C24H22F3N3O3S. The van der Waals surface area contributed by atoms with E-state index in [0.717, 1.165) is 22.6 Å². The van der Waals surface area contributed by atoms with E-state index in [0.29, 0.717) is 23.8 Å². The Balaban J connectivity index is 1.47. The Kier molecular flexibility index (Phi) is 7.18. The van der Waals surface area contributed by atoms with E-state index in [1.54, 1.807) is 29.5 Å². The molecule has 4 rings (SSSR count). The number of benzene rings is 1. The molecule has 0 aliphatic rings. The van der Waals surface area contributed by atoms with E-state index in [-0.39, 0.29) is 25.3 Å². The number of carbonyl (C=O) groups is 1. The number of aromatic nitrogens is 1. The molecule has 0 aliphatic carbocycles. The third kappa shape index (κ3) is 6.15. The smallest absolute Gasteiger partial charge is 0.416 e. The lowest BCUT2D eigenvalue weighted by molar-refractivity contribution is -0.137. The second kappa shape index (κ2) is 10.3. The number of nitrogens with one attached hydrogen (secondary N) is 1. The highest BCUT2D eigenvalue weighted by Crippen LogP contribution is 2.30. The van der Waals surface area contributed by atoms with Gasteiger partial charge in [-0.2, -0.15) is 13.2 Å². The Labute approximate surface area is 198 Å². The van der Waals surface area contributed by atoms with Crippen LogP contribution in [0.25, 0.3) is 0 Å². The number of hydrogen-bond acceptors (Lipinski definition) is 6. The normalized spacial score (nSPS) is 11.8. The number of halogens is 3. The maximum Gasteiger partial charge on any atom is 0.416 e. The Hall–Kier alpha value is -3.37. The van der Waals surface area contributed by atoms with Crippen molar-refractivity contribution in [2.75, 3.05) is 0 Å². The minimum atomic E-state index is -4.41. The zero-order valence-electron chi connectivity index (χ0n) is 18.3. The number of oxazole rings is 1. The summed E-state index contributed by atoms with van der Waals surface area (Å²) in [6.07, 6.45) is -1.62. The highest BCUT2D eigenvalue weighted by molar-refractivity contribution is 7.10. The van der Waals surface area contributed by atoms with Crippen molar-refractivity contribution < 1.29 is 26.8 Å². The second-order valence-electron chi connectivity index (χ2n) is 7.76. The van der Waals surface area contributed by atoms with Crippen molar-refractivity contribution in [3.63, 3.8) is 0 Å². The highest BCUT2D eigenvalue weighted by atomic mass is 32.1. The van der Waals surface area contributed by atoms with Gasteiger partial charge in [0.1, 0.15) is 12.0 Å². The molecule has 0 saturated carbocycles. The summed E-state index contributed by atoms with van der Waals surface area (Å²) in [5.74, 6) is 0.491. The van der Waals surface area contributed by atoms with Crippen molar-refractivity contribution in [3.8, 4) is 0 Å². The molecule has 6 nitrogen and oxygen atoms in total. The first-order chi connectivity index (χ1) is 16.3. The molecular weight excluding hydrogens is 467 g/mol. The number of thiophene rings is 1. The van der Waals surface area contributed by atoms with E-state index < -0.39 is 17.6 Å². The summed E-state index contributed by atoms with van der Waals surface area (Å²) in [6.45, 7) is 3.18. The number of rotatable bonds is 9. The fourth-order valence-corrected chi connectivity index (χ4v) is 4.34. The molecule has 10 heteroatoms. The molecule has 4 aromatic rings. The standard InChI is InChI=1S/C24H22F3N3O3S/c1-16-7-9-34-21(16)13-30(12-17-4-2-5-18(10-17)24(25,26)27)14-22-29-20(15-33-22)23(31)28-11-19-6-3-8-32-19/h2-10,15H,11-14H2,1H3,(H,28,31). The first-order valence-corrected chi connectivity index (χ1v) is 11.3. The lowest BCUT2D eigenvalue weighted by Gasteiger charge is -2.21. The molecule has 1 amide bonds. The molecule has 0 spiro atoms. The number of furan rings is 1. The maximum atomic E-state index is 13.2. The van der Waals surface area contributed by atoms with Crippen LogP contribution in [0.15, 0.2) is 69.2 Å². The number of nitrogens with zero attached hydrogens (tertiary/aromatic N) is 2. The molecule has 3 heterocycles. The van der Waals surface area contributed by atoms with Crippen molar-refractivity contribution in [3.05, 3.63) is 99.3 Å². The summed E-state index contributed by atoms with van der Waals surface area (Å²) >= 11 is 1.58. The van der Waals surface area contributed by atoms with Crippen LogP contribution in [0.2, 0.25) is 0 Å². The third-order valence-corrected chi connectivity index (χ3v) is 6.15. The van der Waals surface area contributed by atoms with Crippen LogP contribution in [0, 0.1) is 6.92 Å². The Bertz CT molecular complexity index is 1230. The van der Waals surface area contributed by atoms with Gasteiger partial charge in [0.25, 0.3) is 5.91 Å². The first kappa shape index (κ1) is 23.8. The molecule has 0 bridgehead atoms. The molecule has 0 saturated heterocycles. The fourth-order valence-electron chi connectivity index (χ4n) is 3.39. The van der Waals surface area contributed by atoms with Crippen molar-refractivity contribution in [2.45, 2.75) is 39.3 Å². The monoisotopic (exact) mass is 489 g/mol. The van der Waals surface area contributed by atoms with Gasteiger partial charge in [-0.1, -0.05) is 18.2 Å². The number of amides is 1.